The fourth-order valence-electron chi connectivity index (χ4n) is 3.54. The third-order valence-corrected chi connectivity index (χ3v) is 4.61. The monoisotopic (exact) mass is 271 g/mol. The fourth-order valence-corrected chi connectivity index (χ4v) is 3.54. The summed E-state index contributed by atoms with van der Waals surface area (Å²) in [4.78, 5) is 11.9. The zero-order valence-electron chi connectivity index (χ0n) is 11.8. The van der Waals surface area contributed by atoms with Gasteiger partial charge in [-0.25, -0.2) is 0 Å². The van der Waals surface area contributed by atoms with E-state index in [1.54, 1.807) is 13.2 Å². The van der Waals surface area contributed by atoms with Gasteiger partial charge in [-0.05, 0) is 54.9 Å². The van der Waals surface area contributed by atoms with Crippen molar-refractivity contribution in [2.75, 3.05) is 7.11 Å². The Balaban J connectivity index is 1.54. The summed E-state index contributed by atoms with van der Waals surface area (Å²) in [5.74, 6) is 2.43. The molecular formula is C17H21NO2. The van der Waals surface area contributed by atoms with Crippen LogP contribution in [0.4, 0.5) is 0 Å². The summed E-state index contributed by atoms with van der Waals surface area (Å²) in [5, 5.41) is 3.15. The van der Waals surface area contributed by atoms with Gasteiger partial charge in [0.25, 0.3) is 0 Å². The maximum absolute atomic E-state index is 11.9. The van der Waals surface area contributed by atoms with E-state index >= 15 is 0 Å². The maximum Gasteiger partial charge on any atom is 0.244 e. The SMILES string of the molecule is COc1ccc(C=CC(=O)NC2CC3CCC2C3)cc1. The van der Waals surface area contributed by atoms with E-state index < -0.39 is 0 Å². The molecule has 3 atom stereocenters. The van der Waals surface area contributed by atoms with Crippen molar-refractivity contribution in [3.8, 4) is 5.75 Å². The Morgan fingerprint density at radius 3 is 2.65 bits per heavy atom. The molecule has 0 aliphatic heterocycles. The summed E-state index contributed by atoms with van der Waals surface area (Å²) in [6.45, 7) is 0. The lowest BCUT2D eigenvalue weighted by Gasteiger charge is -2.22. The first-order chi connectivity index (χ1) is 9.74. The minimum absolute atomic E-state index is 0.0263. The van der Waals surface area contributed by atoms with E-state index in [0.717, 1.165) is 23.1 Å². The second kappa shape index (κ2) is 5.70. The molecule has 2 fully saturated rings. The molecule has 3 unspecified atom stereocenters. The van der Waals surface area contributed by atoms with E-state index in [4.69, 9.17) is 4.74 Å². The number of fused-ring (bicyclic) bond motifs is 2. The molecule has 3 rings (SSSR count). The van der Waals surface area contributed by atoms with Crippen LogP contribution < -0.4 is 10.1 Å². The van der Waals surface area contributed by atoms with Gasteiger partial charge >= 0.3 is 0 Å². The summed E-state index contributed by atoms with van der Waals surface area (Å²) < 4.78 is 5.11. The van der Waals surface area contributed by atoms with Crippen molar-refractivity contribution in [1.82, 2.24) is 5.32 Å². The first-order valence-electron chi connectivity index (χ1n) is 7.37. The summed E-state index contributed by atoms with van der Waals surface area (Å²) in [7, 11) is 1.65. The normalized spacial score (nSPS) is 27.9. The van der Waals surface area contributed by atoms with E-state index in [9.17, 15) is 4.79 Å². The molecule has 3 heteroatoms. The Bertz CT molecular complexity index is 506. The van der Waals surface area contributed by atoms with Crippen LogP contribution in [0.25, 0.3) is 6.08 Å². The number of amides is 1. The number of benzene rings is 1. The van der Waals surface area contributed by atoms with Crippen LogP contribution in [0.2, 0.25) is 0 Å². The molecule has 2 bridgehead atoms. The van der Waals surface area contributed by atoms with Gasteiger partial charge in [0.15, 0.2) is 0 Å². The van der Waals surface area contributed by atoms with Crippen LogP contribution in [0, 0.1) is 11.8 Å². The number of methoxy groups -OCH3 is 1. The zero-order valence-corrected chi connectivity index (χ0v) is 11.8. The maximum atomic E-state index is 11.9. The van der Waals surface area contributed by atoms with Gasteiger partial charge in [-0.2, -0.15) is 0 Å². The minimum Gasteiger partial charge on any atom is -0.497 e. The van der Waals surface area contributed by atoms with Crippen molar-refractivity contribution in [1.29, 1.82) is 0 Å². The van der Waals surface area contributed by atoms with Gasteiger partial charge in [0.1, 0.15) is 5.75 Å². The van der Waals surface area contributed by atoms with Crippen molar-refractivity contribution < 1.29 is 9.53 Å². The quantitative estimate of drug-likeness (QED) is 0.855. The lowest BCUT2D eigenvalue weighted by atomic mass is 9.95. The van der Waals surface area contributed by atoms with Crippen LogP contribution in [0.5, 0.6) is 5.75 Å². The van der Waals surface area contributed by atoms with Crippen molar-refractivity contribution in [2.45, 2.75) is 31.7 Å². The first-order valence-corrected chi connectivity index (χ1v) is 7.37. The van der Waals surface area contributed by atoms with Crippen molar-refractivity contribution in [2.24, 2.45) is 11.8 Å². The predicted octanol–water partition coefficient (Wildman–Crippen LogP) is 3.01. The van der Waals surface area contributed by atoms with Gasteiger partial charge < -0.3 is 10.1 Å². The highest BCUT2D eigenvalue weighted by atomic mass is 16.5. The molecule has 0 radical (unpaired) electrons. The summed E-state index contributed by atoms with van der Waals surface area (Å²) in [6, 6.07) is 8.09. The number of rotatable bonds is 4. The van der Waals surface area contributed by atoms with Gasteiger partial charge in [0.05, 0.1) is 7.11 Å². The molecule has 3 nitrogen and oxygen atoms in total. The van der Waals surface area contributed by atoms with Crippen molar-refractivity contribution >= 4 is 12.0 Å². The highest BCUT2D eigenvalue weighted by Crippen LogP contribution is 2.44. The Morgan fingerprint density at radius 1 is 1.25 bits per heavy atom. The van der Waals surface area contributed by atoms with Gasteiger partial charge in [0, 0.05) is 12.1 Å². The van der Waals surface area contributed by atoms with Crippen molar-refractivity contribution in [3.05, 3.63) is 35.9 Å². The molecule has 0 aromatic heterocycles. The molecule has 1 aromatic carbocycles. The lowest BCUT2D eigenvalue weighted by Crippen LogP contribution is -2.37. The Morgan fingerprint density at radius 2 is 2.05 bits per heavy atom. The van der Waals surface area contributed by atoms with Gasteiger partial charge in [-0.1, -0.05) is 18.6 Å². The third-order valence-electron chi connectivity index (χ3n) is 4.61. The number of carbonyl (C=O) groups is 1. The molecule has 1 aromatic rings. The summed E-state index contributed by atoms with van der Waals surface area (Å²) >= 11 is 0. The highest BCUT2D eigenvalue weighted by molar-refractivity contribution is 5.91. The zero-order chi connectivity index (χ0) is 13.9. The van der Waals surface area contributed by atoms with Crippen LogP contribution in [0.1, 0.15) is 31.2 Å². The summed E-state index contributed by atoms with van der Waals surface area (Å²) in [6.07, 6.45) is 8.62. The average molecular weight is 271 g/mol. The Kier molecular flexibility index (Phi) is 3.77. The topological polar surface area (TPSA) is 38.3 Å². The van der Waals surface area contributed by atoms with Gasteiger partial charge in [-0.3, -0.25) is 4.79 Å². The number of carbonyl (C=O) groups excluding carboxylic acids is 1. The first kappa shape index (κ1) is 13.2. The van der Waals surface area contributed by atoms with Crippen LogP contribution in [0.15, 0.2) is 30.3 Å². The van der Waals surface area contributed by atoms with E-state index in [1.165, 1.54) is 25.7 Å². The number of nitrogens with one attached hydrogen (secondary N) is 1. The predicted molar refractivity (Wildman–Crippen MR) is 79.4 cm³/mol. The number of hydrogen-bond acceptors (Lipinski definition) is 2. The standard InChI is InChI=1S/C17H21NO2/c1-20-15-7-3-12(4-8-15)5-9-17(19)18-16-11-13-2-6-14(16)10-13/h3-5,7-9,13-14,16H,2,6,10-11H2,1H3,(H,18,19). The largest absolute Gasteiger partial charge is 0.497 e. The van der Waals surface area contributed by atoms with Crippen LogP contribution in [-0.2, 0) is 4.79 Å². The number of ether oxygens (including phenoxy) is 1. The molecule has 20 heavy (non-hydrogen) atoms. The molecule has 1 N–H and O–H groups in total. The average Bonchev–Trinajstić information content (AvgIpc) is 3.08. The molecule has 1 amide bonds. The smallest absolute Gasteiger partial charge is 0.244 e. The van der Waals surface area contributed by atoms with Gasteiger partial charge in [-0.15, -0.1) is 0 Å². The van der Waals surface area contributed by atoms with Gasteiger partial charge in [0.2, 0.25) is 5.91 Å². The van der Waals surface area contributed by atoms with E-state index in [2.05, 4.69) is 5.32 Å². The molecular weight excluding hydrogens is 250 g/mol. The van der Waals surface area contributed by atoms with Crippen LogP contribution in [-0.4, -0.2) is 19.1 Å². The molecule has 2 saturated carbocycles. The minimum atomic E-state index is 0.0263. The molecule has 0 spiro atoms. The lowest BCUT2D eigenvalue weighted by molar-refractivity contribution is -0.117. The van der Waals surface area contributed by atoms with Crippen LogP contribution in [0.3, 0.4) is 0 Å². The Hall–Kier alpha value is -1.77. The Labute approximate surface area is 120 Å². The van der Waals surface area contributed by atoms with E-state index in [1.807, 2.05) is 30.3 Å². The third kappa shape index (κ3) is 2.87. The van der Waals surface area contributed by atoms with Crippen LogP contribution >= 0.6 is 0 Å². The van der Waals surface area contributed by atoms with Crippen molar-refractivity contribution in [3.63, 3.8) is 0 Å². The van der Waals surface area contributed by atoms with E-state index in [-0.39, 0.29) is 5.91 Å². The molecule has 0 saturated heterocycles. The van der Waals surface area contributed by atoms with E-state index in [0.29, 0.717) is 6.04 Å². The number of hydrogen-bond donors (Lipinski definition) is 1. The molecule has 2 aliphatic rings. The summed E-state index contributed by atoms with van der Waals surface area (Å²) in [5.41, 5.74) is 1.01. The second-order valence-corrected chi connectivity index (χ2v) is 5.90. The molecule has 2 aliphatic carbocycles. The molecule has 0 heterocycles. The molecule has 106 valence electrons. The second-order valence-electron chi connectivity index (χ2n) is 5.90. The fraction of sp³-hybridized carbons (Fsp3) is 0.471. The highest BCUT2D eigenvalue weighted by Gasteiger charge is 2.39.